The minimum Gasteiger partial charge on any atom is -0.312 e. The molecule has 0 atom stereocenters. The van der Waals surface area contributed by atoms with Crippen LogP contribution >= 0.6 is 27.3 Å². The number of aromatic nitrogens is 2. The molecule has 0 fully saturated rings. The summed E-state index contributed by atoms with van der Waals surface area (Å²) >= 11 is 4.99. The van der Waals surface area contributed by atoms with Gasteiger partial charge in [-0.2, -0.15) is 0 Å². The third-order valence-corrected chi connectivity index (χ3v) is 4.78. The number of aryl methyl sites for hydroxylation is 1. The first-order chi connectivity index (χ1) is 7.68. The van der Waals surface area contributed by atoms with Crippen molar-refractivity contribution in [1.82, 2.24) is 9.97 Å². The number of aromatic amines is 1. The number of nitrogens with zero attached hydrogens (tertiary/aromatic N) is 1. The summed E-state index contributed by atoms with van der Waals surface area (Å²) < 4.78 is 2.87. The molecule has 0 radical (unpaired) electrons. The number of thiophene rings is 1. The zero-order valence-electron chi connectivity index (χ0n) is 8.37. The average Bonchev–Trinajstić information content (AvgIpc) is 2.65. The molecule has 16 heavy (non-hydrogen) atoms. The number of hydrogen-bond donors (Lipinski definition) is 1. The smallest absolute Gasteiger partial charge is 0.268 e. The molecule has 5 heteroatoms. The zero-order chi connectivity index (χ0) is 11.3. The van der Waals surface area contributed by atoms with Gasteiger partial charge in [-0.05, 0) is 18.6 Å². The van der Waals surface area contributed by atoms with Crippen LogP contribution in [0, 0.1) is 6.92 Å². The molecule has 0 saturated carbocycles. The summed E-state index contributed by atoms with van der Waals surface area (Å²) in [6.45, 7) is 2.04. The molecule has 0 unspecified atom stereocenters. The average molecular weight is 295 g/mol. The molecule has 3 nitrogen and oxygen atoms in total. The van der Waals surface area contributed by atoms with Crippen LogP contribution in [0.3, 0.4) is 0 Å². The van der Waals surface area contributed by atoms with E-state index in [0.717, 1.165) is 25.6 Å². The van der Waals surface area contributed by atoms with Gasteiger partial charge in [0.05, 0.1) is 11.8 Å². The number of H-pyrrole nitrogens is 1. The normalized spacial score (nSPS) is 11.4. The Labute approximate surface area is 103 Å². The highest BCUT2D eigenvalue weighted by Gasteiger charge is 2.11. The van der Waals surface area contributed by atoms with Gasteiger partial charge >= 0.3 is 0 Å². The van der Waals surface area contributed by atoms with E-state index in [1.54, 1.807) is 0 Å². The number of nitrogens with one attached hydrogen (secondary N) is 1. The summed E-state index contributed by atoms with van der Waals surface area (Å²) in [6, 6.07) is 3.99. The van der Waals surface area contributed by atoms with Crippen LogP contribution in [-0.4, -0.2) is 9.97 Å². The molecule has 0 amide bonds. The van der Waals surface area contributed by atoms with E-state index in [1.807, 2.05) is 19.1 Å². The first-order valence-corrected chi connectivity index (χ1v) is 6.34. The van der Waals surface area contributed by atoms with Gasteiger partial charge in [0.15, 0.2) is 0 Å². The van der Waals surface area contributed by atoms with E-state index < -0.39 is 0 Å². The van der Waals surface area contributed by atoms with Crippen LogP contribution in [0.15, 0.2) is 27.7 Å². The maximum Gasteiger partial charge on any atom is 0.268 e. The third-order valence-electron chi connectivity index (χ3n) is 2.61. The van der Waals surface area contributed by atoms with E-state index in [4.69, 9.17) is 0 Å². The summed E-state index contributed by atoms with van der Waals surface area (Å²) in [7, 11) is 0. The van der Waals surface area contributed by atoms with Crippen molar-refractivity contribution in [3.05, 3.63) is 38.9 Å². The molecule has 0 spiro atoms. The van der Waals surface area contributed by atoms with E-state index in [0.29, 0.717) is 4.70 Å². The Morgan fingerprint density at radius 1 is 1.38 bits per heavy atom. The molecule has 0 aliphatic rings. The molecule has 0 saturated heterocycles. The second-order valence-electron chi connectivity index (χ2n) is 3.56. The summed E-state index contributed by atoms with van der Waals surface area (Å²) in [5.41, 5.74) is 1.88. The quantitative estimate of drug-likeness (QED) is 0.692. The Bertz CT molecular complexity index is 760. The molecular weight excluding hydrogens is 288 g/mol. The highest BCUT2D eigenvalue weighted by molar-refractivity contribution is 9.10. The van der Waals surface area contributed by atoms with Crippen LogP contribution in [0.2, 0.25) is 0 Å². The van der Waals surface area contributed by atoms with Crippen LogP contribution in [0.25, 0.3) is 20.3 Å². The predicted molar refractivity (Wildman–Crippen MR) is 70.2 cm³/mol. The van der Waals surface area contributed by atoms with E-state index in [9.17, 15) is 4.79 Å². The SMILES string of the molecule is Cc1c(Br)ccc2c1sc1c(=O)[nH]cnc12. The molecular formula is C11H7BrN2OS. The Morgan fingerprint density at radius 3 is 3.00 bits per heavy atom. The van der Waals surface area contributed by atoms with Crippen molar-refractivity contribution >= 4 is 47.6 Å². The Hall–Kier alpha value is -1.20. The summed E-state index contributed by atoms with van der Waals surface area (Å²) in [5, 5.41) is 1.05. The Balaban J connectivity index is 2.66. The molecule has 0 aliphatic carbocycles. The van der Waals surface area contributed by atoms with Gasteiger partial charge in [-0.3, -0.25) is 4.79 Å². The fourth-order valence-electron chi connectivity index (χ4n) is 1.76. The van der Waals surface area contributed by atoms with Crippen molar-refractivity contribution in [2.24, 2.45) is 0 Å². The van der Waals surface area contributed by atoms with E-state index >= 15 is 0 Å². The lowest BCUT2D eigenvalue weighted by molar-refractivity contribution is 1.18. The number of fused-ring (bicyclic) bond motifs is 3. The van der Waals surface area contributed by atoms with Gasteiger partial charge in [-0.1, -0.05) is 22.0 Å². The van der Waals surface area contributed by atoms with Gasteiger partial charge in [-0.15, -0.1) is 11.3 Å². The van der Waals surface area contributed by atoms with Gasteiger partial charge in [-0.25, -0.2) is 4.98 Å². The highest BCUT2D eigenvalue weighted by Crippen LogP contribution is 2.35. The monoisotopic (exact) mass is 294 g/mol. The molecule has 2 aromatic heterocycles. The molecule has 2 heterocycles. The van der Waals surface area contributed by atoms with Crippen LogP contribution in [0.4, 0.5) is 0 Å². The maximum absolute atomic E-state index is 11.6. The largest absolute Gasteiger partial charge is 0.312 e. The molecule has 0 bridgehead atoms. The number of benzene rings is 1. The van der Waals surface area contributed by atoms with Crippen LogP contribution in [-0.2, 0) is 0 Å². The first kappa shape index (κ1) is 9.99. The minimum absolute atomic E-state index is 0.0678. The van der Waals surface area contributed by atoms with Gasteiger partial charge in [0, 0.05) is 14.6 Å². The first-order valence-electron chi connectivity index (χ1n) is 4.73. The van der Waals surface area contributed by atoms with Crippen LogP contribution < -0.4 is 5.56 Å². The van der Waals surface area contributed by atoms with Crippen molar-refractivity contribution in [1.29, 1.82) is 0 Å². The third kappa shape index (κ3) is 1.25. The molecule has 3 aromatic rings. The number of halogens is 1. The standard InChI is InChI=1S/C11H7BrN2OS/c1-5-7(12)3-2-6-8-10(16-9(5)6)11(15)14-4-13-8/h2-4H,1H3,(H,13,14,15). The van der Waals surface area contributed by atoms with Crippen molar-refractivity contribution < 1.29 is 0 Å². The maximum atomic E-state index is 11.6. The predicted octanol–water partition coefficient (Wildman–Crippen LogP) is 3.21. The van der Waals surface area contributed by atoms with Crippen molar-refractivity contribution in [3.8, 4) is 0 Å². The fourth-order valence-corrected chi connectivity index (χ4v) is 3.38. The van der Waals surface area contributed by atoms with Gasteiger partial charge in [0.1, 0.15) is 4.70 Å². The van der Waals surface area contributed by atoms with Crippen LogP contribution in [0.5, 0.6) is 0 Å². The van der Waals surface area contributed by atoms with Gasteiger partial charge in [0.2, 0.25) is 0 Å². The highest BCUT2D eigenvalue weighted by atomic mass is 79.9. The Kier molecular flexibility index (Phi) is 2.12. The van der Waals surface area contributed by atoms with Gasteiger partial charge < -0.3 is 4.98 Å². The molecule has 3 rings (SSSR count). The fraction of sp³-hybridized carbons (Fsp3) is 0.0909. The summed E-state index contributed by atoms with van der Waals surface area (Å²) in [4.78, 5) is 18.5. The van der Waals surface area contributed by atoms with E-state index in [-0.39, 0.29) is 5.56 Å². The lowest BCUT2D eigenvalue weighted by Crippen LogP contribution is -2.03. The van der Waals surface area contributed by atoms with Gasteiger partial charge in [0.25, 0.3) is 5.56 Å². The lowest BCUT2D eigenvalue weighted by Gasteiger charge is -1.98. The minimum atomic E-state index is -0.0678. The molecule has 0 aliphatic heterocycles. The van der Waals surface area contributed by atoms with E-state index in [1.165, 1.54) is 17.7 Å². The summed E-state index contributed by atoms with van der Waals surface area (Å²) in [5.74, 6) is 0. The van der Waals surface area contributed by atoms with Crippen LogP contribution in [0.1, 0.15) is 5.56 Å². The summed E-state index contributed by atoms with van der Waals surface area (Å²) in [6.07, 6.45) is 1.45. The lowest BCUT2D eigenvalue weighted by atomic mass is 10.2. The molecule has 1 N–H and O–H groups in total. The van der Waals surface area contributed by atoms with Crippen molar-refractivity contribution in [2.45, 2.75) is 6.92 Å². The van der Waals surface area contributed by atoms with E-state index in [2.05, 4.69) is 25.9 Å². The second kappa shape index (κ2) is 3.40. The zero-order valence-corrected chi connectivity index (χ0v) is 10.8. The Morgan fingerprint density at radius 2 is 2.19 bits per heavy atom. The second-order valence-corrected chi connectivity index (χ2v) is 5.44. The van der Waals surface area contributed by atoms with Crippen molar-refractivity contribution in [2.75, 3.05) is 0 Å². The molecule has 80 valence electrons. The number of rotatable bonds is 0. The molecule has 1 aromatic carbocycles. The number of hydrogen-bond acceptors (Lipinski definition) is 3. The van der Waals surface area contributed by atoms with Crippen molar-refractivity contribution in [3.63, 3.8) is 0 Å². The topological polar surface area (TPSA) is 45.8 Å².